The molecule has 37 heavy (non-hydrogen) atoms. The lowest BCUT2D eigenvalue weighted by Crippen LogP contribution is -2.33. The molecule has 4 aromatic rings. The molecule has 0 saturated carbocycles. The number of para-hydroxylation sites is 1. The van der Waals surface area contributed by atoms with E-state index in [4.69, 9.17) is 5.73 Å². The van der Waals surface area contributed by atoms with Gasteiger partial charge in [-0.05, 0) is 52.3 Å². The normalized spacial score (nSPS) is 19.8. The summed E-state index contributed by atoms with van der Waals surface area (Å²) >= 11 is 0. The highest BCUT2D eigenvalue weighted by atomic mass is 16.3. The van der Waals surface area contributed by atoms with Gasteiger partial charge in [0, 0.05) is 22.4 Å². The first-order valence-corrected chi connectivity index (χ1v) is 12.3. The van der Waals surface area contributed by atoms with E-state index in [0.717, 1.165) is 34.2 Å². The maximum Gasteiger partial charge on any atom is 0.204 e. The van der Waals surface area contributed by atoms with Crippen LogP contribution in [0.5, 0.6) is 23.0 Å². The number of nitrogen functional groups attached to an aromatic ring is 1. The second kappa shape index (κ2) is 8.20. The van der Waals surface area contributed by atoms with E-state index in [1.807, 2.05) is 72.8 Å². The Morgan fingerprint density at radius 3 is 2.24 bits per heavy atom. The number of hydrogen-bond donors (Lipinski definition) is 5. The minimum absolute atomic E-state index is 0.0898. The predicted molar refractivity (Wildman–Crippen MR) is 146 cm³/mol. The van der Waals surface area contributed by atoms with Crippen molar-refractivity contribution in [2.24, 2.45) is 5.92 Å². The first-order chi connectivity index (χ1) is 17.9. The third kappa shape index (κ3) is 3.04. The minimum atomic E-state index is -1.04. The number of phenolic OH excluding ortho intramolecular Hbond substituents is 4. The molecule has 0 radical (unpaired) electrons. The van der Waals surface area contributed by atoms with E-state index in [2.05, 4.69) is 25.1 Å². The summed E-state index contributed by atoms with van der Waals surface area (Å²) in [6, 6.07) is 23.3. The molecule has 0 heterocycles. The van der Waals surface area contributed by atoms with Gasteiger partial charge in [0.05, 0.1) is 5.41 Å². The summed E-state index contributed by atoms with van der Waals surface area (Å²) in [5.74, 6) is -2.29. The van der Waals surface area contributed by atoms with E-state index in [0.29, 0.717) is 22.4 Å². The van der Waals surface area contributed by atoms with Crippen LogP contribution < -0.4 is 5.73 Å². The van der Waals surface area contributed by atoms with Crippen molar-refractivity contribution in [3.8, 4) is 45.3 Å². The molecule has 5 heteroatoms. The lowest BCUT2D eigenvalue weighted by Gasteiger charge is -2.39. The third-order valence-corrected chi connectivity index (χ3v) is 7.80. The summed E-state index contributed by atoms with van der Waals surface area (Å²) in [5, 5.41) is 43.8. The van der Waals surface area contributed by atoms with Crippen LogP contribution in [0.1, 0.15) is 30.0 Å². The highest BCUT2D eigenvalue weighted by Crippen LogP contribution is 2.66. The third-order valence-electron chi connectivity index (χ3n) is 7.80. The van der Waals surface area contributed by atoms with Gasteiger partial charge in [-0.25, -0.2) is 0 Å². The fourth-order valence-corrected chi connectivity index (χ4v) is 6.17. The standard InChI is InChI=1S/C32H27NO4/c1-18-9-2-5-14-23(18)32(20-11-8-10-19(17-20)21-12-4-7-16-25(21)33)24-15-6-3-13-22(24)26-27(32)29(35)31(37)30(36)28(26)34/h2-8,10-18,34-37H,9,33H2,1H3. The molecule has 0 aliphatic heterocycles. The quantitative estimate of drug-likeness (QED) is 0.127. The SMILES string of the molecule is CC1CC=CC=C1C1(c2cccc(-c3ccccc3N)c2)c2ccccc2-c2c(O)c(O)c(O)c(O)c21. The fourth-order valence-electron chi connectivity index (χ4n) is 6.17. The zero-order valence-corrected chi connectivity index (χ0v) is 20.3. The molecule has 0 amide bonds. The van der Waals surface area contributed by atoms with Crippen molar-refractivity contribution in [2.45, 2.75) is 18.8 Å². The van der Waals surface area contributed by atoms with Crippen molar-refractivity contribution in [1.29, 1.82) is 0 Å². The zero-order valence-electron chi connectivity index (χ0n) is 20.3. The topological polar surface area (TPSA) is 107 Å². The number of hydrogen-bond acceptors (Lipinski definition) is 5. The van der Waals surface area contributed by atoms with E-state index < -0.39 is 28.4 Å². The molecule has 0 fully saturated rings. The Bertz CT molecular complexity index is 1630. The first-order valence-electron chi connectivity index (χ1n) is 12.3. The van der Waals surface area contributed by atoms with Gasteiger partial charge in [0.15, 0.2) is 11.5 Å². The molecule has 6 N–H and O–H groups in total. The number of aromatic hydroxyl groups is 4. The van der Waals surface area contributed by atoms with E-state index in [9.17, 15) is 20.4 Å². The average molecular weight is 490 g/mol. The number of phenols is 4. The van der Waals surface area contributed by atoms with Crippen molar-refractivity contribution in [3.05, 3.63) is 113 Å². The molecule has 0 spiro atoms. The van der Waals surface area contributed by atoms with Crippen molar-refractivity contribution >= 4 is 5.69 Å². The monoisotopic (exact) mass is 489 g/mol. The van der Waals surface area contributed by atoms with Crippen molar-refractivity contribution in [2.75, 3.05) is 5.73 Å². The van der Waals surface area contributed by atoms with E-state index >= 15 is 0 Å². The maximum absolute atomic E-state index is 11.5. The smallest absolute Gasteiger partial charge is 0.204 e. The number of allylic oxidation sites excluding steroid dienone is 4. The van der Waals surface area contributed by atoms with Gasteiger partial charge < -0.3 is 26.2 Å². The molecule has 0 bridgehead atoms. The Labute approximate surface area is 215 Å². The van der Waals surface area contributed by atoms with Crippen molar-refractivity contribution in [1.82, 2.24) is 0 Å². The lowest BCUT2D eigenvalue weighted by atomic mass is 9.62. The minimum Gasteiger partial charge on any atom is -0.504 e. The molecule has 2 unspecified atom stereocenters. The molecule has 2 aliphatic carbocycles. The maximum atomic E-state index is 11.5. The number of anilines is 1. The Kier molecular flexibility index (Phi) is 5.06. The summed E-state index contributed by atoms with van der Waals surface area (Å²) in [5.41, 5.74) is 11.8. The molecule has 0 saturated heterocycles. The zero-order chi connectivity index (χ0) is 25.9. The Hall–Kier alpha value is -4.64. The highest BCUT2D eigenvalue weighted by Gasteiger charge is 2.52. The average Bonchev–Trinajstić information content (AvgIpc) is 3.23. The van der Waals surface area contributed by atoms with Crippen molar-refractivity contribution in [3.63, 3.8) is 0 Å². The van der Waals surface area contributed by atoms with Gasteiger partial charge in [0.1, 0.15) is 0 Å². The van der Waals surface area contributed by atoms with Gasteiger partial charge in [0.25, 0.3) is 0 Å². The Morgan fingerprint density at radius 2 is 1.49 bits per heavy atom. The van der Waals surface area contributed by atoms with Gasteiger partial charge >= 0.3 is 0 Å². The van der Waals surface area contributed by atoms with E-state index in [1.165, 1.54) is 0 Å². The molecule has 184 valence electrons. The lowest BCUT2D eigenvalue weighted by molar-refractivity contribution is 0.342. The van der Waals surface area contributed by atoms with Crippen LogP contribution in [-0.2, 0) is 5.41 Å². The molecule has 6 rings (SSSR count). The van der Waals surface area contributed by atoms with Gasteiger partial charge in [0.2, 0.25) is 11.5 Å². The van der Waals surface area contributed by atoms with Gasteiger partial charge in [-0.1, -0.05) is 85.8 Å². The summed E-state index contributed by atoms with van der Waals surface area (Å²) in [6.07, 6.45) is 6.97. The fraction of sp³-hybridized carbons (Fsp3) is 0.125. The Morgan fingerprint density at radius 1 is 0.784 bits per heavy atom. The second-order valence-corrected chi connectivity index (χ2v) is 9.79. The number of rotatable bonds is 3. The second-order valence-electron chi connectivity index (χ2n) is 9.79. The molecule has 0 aromatic heterocycles. The molecule has 4 aromatic carbocycles. The van der Waals surface area contributed by atoms with Crippen molar-refractivity contribution < 1.29 is 20.4 Å². The Balaban J connectivity index is 1.79. The van der Waals surface area contributed by atoms with Crippen LogP contribution >= 0.6 is 0 Å². The van der Waals surface area contributed by atoms with Gasteiger partial charge in [-0.15, -0.1) is 0 Å². The predicted octanol–water partition coefficient (Wildman–Crippen LogP) is 6.60. The van der Waals surface area contributed by atoms with Crippen LogP contribution in [0.3, 0.4) is 0 Å². The largest absolute Gasteiger partial charge is 0.504 e. The number of nitrogens with two attached hydrogens (primary N) is 1. The highest BCUT2D eigenvalue weighted by molar-refractivity contribution is 5.95. The molecule has 2 aliphatic rings. The van der Waals surface area contributed by atoms with Crippen LogP contribution in [0, 0.1) is 5.92 Å². The van der Waals surface area contributed by atoms with Crippen LogP contribution in [0.15, 0.2) is 96.6 Å². The van der Waals surface area contributed by atoms with Crippen LogP contribution in [0.2, 0.25) is 0 Å². The van der Waals surface area contributed by atoms with Crippen LogP contribution in [-0.4, -0.2) is 20.4 Å². The number of fused-ring (bicyclic) bond motifs is 3. The van der Waals surface area contributed by atoms with Gasteiger partial charge in [-0.3, -0.25) is 0 Å². The molecular weight excluding hydrogens is 462 g/mol. The van der Waals surface area contributed by atoms with Crippen LogP contribution in [0.25, 0.3) is 22.3 Å². The summed E-state index contributed by atoms with van der Waals surface area (Å²) in [6.45, 7) is 2.13. The summed E-state index contributed by atoms with van der Waals surface area (Å²) in [7, 11) is 0. The molecular formula is C32H27NO4. The molecule has 5 nitrogen and oxygen atoms in total. The van der Waals surface area contributed by atoms with Crippen LogP contribution in [0.4, 0.5) is 5.69 Å². The van der Waals surface area contributed by atoms with E-state index in [-0.39, 0.29) is 5.92 Å². The molecule has 2 atom stereocenters. The summed E-state index contributed by atoms with van der Waals surface area (Å²) in [4.78, 5) is 0. The van der Waals surface area contributed by atoms with Gasteiger partial charge in [-0.2, -0.15) is 0 Å². The van der Waals surface area contributed by atoms with E-state index in [1.54, 1.807) is 0 Å². The summed E-state index contributed by atoms with van der Waals surface area (Å²) < 4.78 is 0. The number of benzene rings is 4. The first kappa shape index (κ1) is 22.8.